The van der Waals surface area contributed by atoms with Gasteiger partial charge >= 0.3 is 12.0 Å². The van der Waals surface area contributed by atoms with Gasteiger partial charge in [-0.2, -0.15) is 0 Å². The summed E-state index contributed by atoms with van der Waals surface area (Å²) in [6.45, 7) is 4.30. The van der Waals surface area contributed by atoms with Crippen LogP contribution in [0.3, 0.4) is 0 Å². The van der Waals surface area contributed by atoms with Crippen molar-refractivity contribution in [3.8, 4) is 0 Å². The van der Waals surface area contributed by atoms with Crippen molar-refractivity contribution in [2.24, 2.45) is 0 Å². The Morgan fingerprint density at radius 3 is 2.81 bits per heavy atom. The van der Waals surface area contributed by atoms with Crippen molar-refractivity contribution in [3.05, 3.63) is 10.6 Å². The molecule has 114 valence electrons. The van der Waals surface area contributed by atoms with Crippen molar-refractivity contribution in [1.82, 2.24) is 15.2 Å². The molecule has 0 bridgehead atoms. The van der Waals surface area contributed by atoms with Crippen molar-refractivity contribution in [2.75, 3.05) is 18.4 Å². The second-order valence-electron chi connectivity index (χ2n) is 4.69. The van der Waals surface area contributed by atoms with Gasteiger partial charge in [0.15, 0.2) is 5.13 Å². The number of nitrogens with one attached hydrogen (secondary N) is 2. The van der Waals surface area contributed by atoms with Gasteiger partial charge in [-0.15, -0.1) is 11.3 Å². The van der Waals surface area contributed by atoms with E-state index in [1.54, 1.807) is 0 Å². The Morgan fingerprint density at radius 1 is 1.52 bits per heavy atom. The monoisotopic (exact) mass is 312 g/mol. The highest BCUT2D eigenvalue weighted by Crippen LogP contribution is 2.22. The van der Waals surface area contributed by atoms with Gasteiger partial charge in [0.2, 0.25) is 5.91 Å². The maximum atomic E-state index is 12.2. The fraction of sp³-hybridized carbons (Fsp3) is 0.500. The van der Waals surface area contributed by atoms with Gasteiger partial charge in [-0.3, -0.25) is 14.9 Å². The highest BCUT2D eigenvalue weighted by molar-refractivity contribution is 7.15. The van der Waals surface area contributed by atoms with E-state index in [9.17, 15) is 14.4 Å². The average Bonchev–Trinajstić information content (AvgIpc) is 2.70. The number of carbonyl (C=O) groups excluding carboxylic acids is 2. The molecule has 1 aromatic rings. The number of anilines is 1. The minimum Gasteiger partial charge on any atom is -0.481 e. The van der Waals surface area contributed by atoms with Crippen LogP contribution in [0, 0.1) is 13.8 Å². The van der Waals surface area contributed by atoms with E-state index in [1.165, 1.54) is 16.2 Å². The third kappa shape index (κ3) is 3.48. The minimum atomic E-state index is -1.13. The quantitative estimate of drug-likeness (QED) is 0.755. The lowest BCUT2D eigenvalue weighted by atomic mass is 10.1. The number of piperazine rings is 1. The molecule has 1 aliphatic rings. The fourth-order valence-electron chi connectivity index (χ4n) is 2.02. The number of rotatable bonds is 3. The van der Waals surface area contributed by atoms with Crippen LogP contribution in [0.1, 0.15) is 17.0 Å². The molecule has 0 aromatic carbocycles. The van der Waals surface area contributed by atoms with E-state index in [0.717, 1.165) is 10.6 Å². The van der Waals surface area contributed by atoms with E-state index in [1.807, 2.05) is 13.8 Å². The first-order valence-electron chi connectivity index (χ1n) is 6.39. The predicted octanol–water partition coefficient (Wildman–Crippen LogP) is 0.567. The highest BCUT2D eigenvalue weighted by atomic mass is 32.1. The number of nitrogens with zero attached hydrogens (tertiary/aromatic N) is 2. The first-order valence-corrected chi connectivity index (χ1v) is 7.21. The zero-order valence-electron chi connectivity index (χ0n) is 11.7. The molecule has 1 atom stereocenters. The van der Waals surface area contributed by atoms with Gasteiger partial charge in [-0.05, 0) is 13.8 Å². The summed E-state index contributed by atoms with van der Waals surface area (Å²) in [5.74, 6) is -1.58. The van der Waals surface area contributed by atoms with Crippen LogP contribution < -0.4 is 10.6 Å². The standard InChI is InChI=1S/C12H16N4O4S/c1-6-7(2)21-11(14-6)15-12(20)16-4-3-13-10(19)8(16)5-9(17)18/h8H,3-5H2,1-2H3,(H,13,19)(H,17,18)(H,14,15,20). The molecule has 1 saturated heterocycles. The smallest absolute Gasteiger partial charge is 0.324 e. The molecule has 0 saturated carbocycles. The van der Waals surface area contributed by atoms with E-state index < -0.39 is 30.4 Å². The molecule has 21 heavy (non-hydrogen) atoms. The normalized spacial score (nSPS) is 18.3. The molecule has 1 unspecified atom stereocenters. The van der Waals surface area contributed by atoms with E-state index >= 15 is 0 Å². The number of thiazole rings is 1. The number of hydrogen-bond acceptors (Lipinski definition) is 5. The van der Waals surface area contributed by atoms with Gasteiger partial charge in [0, 0.05) is 18.0 Å². The predicted molar refractivity (Wildman–Crippen MR) is 76.4 cm³/mol. The summed E-state index contributed by atoms with van der Waals surface area (Å²) < 4.78 is 0. The molecule has 8 nitrogen and oxygen atoms in total. The lowest BCUT2D eigenvalue weighted by molar-refractivity contribution is -0.142. The van der Waals surface area contributed by atoms with E-state index in [4.69, 9.17) is 5.11 Å². The molecule has 1 fully saturated rings. The number of hydrogen-bond donors (Lipinski definition) is 3. The molecule has 2 heterocycles. The number of aromatic nitrogens is 1. The van der Waals surface area contributed by atoms with Gasteiger partial charge in [0.05, 0.1) is 12.1 Å². The van der Waals surface area contributed by atoms with Crippen LogP contribution in [0.2, 0.25) is 0 Å². The number of carbonyl (C=O) groups is 3. The molecule has 1 aromatic heterocycles. The average molecular weight is 312 g/mol. The molecule has 0 aliphatic carbocycles. The van der Waals surface area contributed by atoms with E-state index in [0.29, 0.717) is 11.7 Å². The van der Waals surface area contributed by atoms with Crippen molar-refractivity contribution in [2.45, 2.75) is 26.3 Å². The molecule has 0 spiro atoms. The Bertz CT molecular complexity index is 566. The van der Waals surface area contributed by atoms with Gasteiger partial charge in [0.25, 0.3) is 0 Å². The van der Waals surface area contributed by atoms with E-state index in [-0.39, 0.29) is 6.54 Å². The SMILES string of the molecule is Cc1nc(NC(=O)N2CCNC(=O)C2CC(=O)O)sc1C. The number of carboxylic acids is 1. The maximum absolute atomic E-state index is 12.2. The first-order chi connectivity index (χ1) is 9.88. The van der Waals surface area contributed by atoms with Crippen LogP contribution in [-0.4, -0.2) is 52.0 Å². The molecule has 3 amide bonds. The lowest BCUT2D eigenvalue weighted by Gasteiger charge is -2.33. The molecule has 9 heteroatoms. The zero-order chi connectivity index (χ0) is 15.6. The van der Waals surface area contributed by atoms with Crippen LogP contribution in [-0.2, 0) is 9.59 Å². The lowest BCUT2D eigenvalue weighted by Crippen LogP contribution is -2.58. The molecular weight excluding hydrogens is 296 g/mol. The highest BCUT2D eigenvalue weighted by Gasteiger charge is 2.35. The van der Waals surface area contributed by atoms with Gasteiger partial charge in [0.1, 0.15) is 6.04 Å². The summed E-state index contributed by atoms with van der Waals surface area (Å²) in [7, 11) is 0. The maximum Gasteiger partial charge on any atom is 0.324 e. The third-order valence-corrected chi connectivity index (χ3v) is 4.19. The number of urea groups is 1. The number of aryl methyl sites for hydroxylation is 2. The molecule has 1 aliphatic heterocycles. The van der Waals surface area contributed by atoms with Crippen LogP contribution in [0.4, 0.5) is 9.93 Å². The topological polar surface area (TPSA) is 112 Å². The number of amides is 3. The molecule has 0 radical (unpaired) electrons. The number of carboxylic acid groups (broad SMARTS) is 1. The zero-order valence-corrected chi connectivity index (χ0v) is 12.5. The summed E-state index contributed by atoms with van der Waals surface area (Å²) in [6, 6.07) is -1.51. The summed E-state index contributed by atoms with van der Waals surface area (Å²) in [5, 5.41) is 14.5. The van der Waals surface area contributed by atoms with Crippen LogP contribution in [0.5, 0.6) is 0 Å². The second kappa shape index (κ2) is 6.08. The van der Waals surface area contributed by atoms with Crippen LogP contribution in [0.25, 0.3) is 0 Å². The first kappa shape index (κ1) is 15.2. The minimum absolute atomic E-state index is 0.263. The van der Waals surface area contributed by atoms with Crippen molar-refractivity contribution < 1.29 is 19.5 Å². The Kier molecular flexibility index (Phi) is 4.41. The molecular formula is C12H16N4O4S. The summed E-state index contributed by atoms with van der Waals surface area (Å²) in [5.41, 5.74) is 0.828. The van der Waals surface area contributed by atoms with E-state index in [2.05, 4.69) is 15.6 Å². The Hall–Kier alpha value is -2.16. The largest absolute Gasteiger partial charge is 0.481 e. The Balaban J connectivity index is 2.11. The van der Waals surface area contributed by atoms with Crippen LogP contribution in [0.15, 0.2) is 0 Å². The van der Waals surface area contributed by atoms with Crippen molar-refractivity contribution in [1.29, 1.82) is 0 Å². The summed E-state index contributed by atoms with van der Waals surface area (Å²) in [4.78, 5) is 41.2. The van der Waals surface area contributed by atoms with Gasteiger partial charge in [-0.1, -0.05) is 0 Å². The fourth-order valence-corrected chi connectivity index (χ4v) is 2.82. The second-order valence-corrected chi connectivity index (χ2v) is 5.89. The van der Waals surface area contributed by atoms with Gasteiger partial charge in [-0.25, -0.2) is 9.78 Å². The third-order valence-electron chi connectivity index (χ3n) is 3.20. The van der Waals surface area contributed by atoms with Gasteiger partial charge < -0.3 is 15.3 Å². The summed E-state index contributed by atoms with van der Waals surface area (Å²) in [6.07, 6.45) is -0.421. The van der Waals surface area contributed by atoms with Crippen LogP contribution >= 0.6 is 11.3 Å². The van der Waals surface area contributed by atoms with Crippen molar-refractivity contribution >= 4 is 34.4 Å². The summed E-state index contributed by atoms with van der Waals surface area (Å²) >= 11 is 1.34. The Morgan fingerprint density at radius 2 is 2.24 bits per heavy atom. The van der Waals surface area contributed by atoms with Crippen molar-refractivity contribution in [3.63, 3.8) is 0 Å². The molecule has 3 N–H and O–H groups in total. The molecule has 2 rings (SSSR count). The number of aliphatic carboxylic acids is 1. The Labute approximate surface area is 125 Å².